The molecule has 0 radical (unpaired) electrons. The molecule has 1 aliphatic rings. The molecular formula is C16H33NO2S. The van der Waals surface area contributed by atoms with Crippen LogP contribution in [0.2, 0.25) is 0 Å². The van der Waals surface area contributed by atoms with Gasteiger partial charge < -0.3 is 5.32 Å². The summed E-state index contributed by atoms with van der Waals surface area (Å²) in [5.41, 5.74) is 0. The Labute approximate surface area is 125 Å². The molecule has 20 heavy (non-hydrogen) atoms. The van der Waals surface area contributed by atoms with Crippen molar-refractivity contribution in [1.29, 1.82) is 0 Å². The topological polar surface area (TPSA) is 46.2 Å². The van der Waals surface area contributed by atoms with E-state index in [9.17, 15) is 8.42 Å². The van der Waals surface area contributed by atoms with Crippen LogP contribution >= 0.6 is 0 Å². The highest BCUT2D eigenvalue weighted by atomic mass is 32.2. The molecule has 0 saturated heterocycles. The van der Waals surface area contributed by atoms with Crippen LogP contribution in [0.5, 0.6) is 0 Å². The molecule has 0 heterocycles. The van der Waals surface area contributed by atoms with Gasteiger partial charge >= 0.3 is 0 Å². The number of sulfone groups is 1. The fourth-order valence-corrected chi connectivity index (χ4v) is 4.25. The monoisotopic (exact) mass is 303 g/mol. The molecule has 0 aromatic heterocycles. The smallest absolute Gasteiger partial charge is 0.155 e. The minimum absolute atomic E-state index is 0.332. The maximum Gasteiger partial charge on any atom is 0.155 e. The van der Waals surface area contributed by atoms with Gasteiger partial charge in [0.05, 0.1) is 10.5 Å². The molecule has 4 heteroatoms. The highest BCUT2D eigenvalue weighted by molar-refractivity contribution is 7.92. The molecule has 3 unspecified atom stereocenters. The molecule has 1 fully saturated rings. The lowest BCUT2D eigenvalue weighted by atomic mass is 9.77. The van der Waals surface area contributed by atoms with Crippen LogP contribution in [0.3, 0.4) is 0 Å². The van der Waals surface area contributed by atoms with Gasteiger partial charge in [-0.05, 0) is 71.3 Å². The minimum atomic E-state index is -2.99. The second-order valence-corrected chi connectivity index (χ2v) is 10.3. The molecular weight excluding hydrogens is 270 g/mol. The predicted molar refractivity (Wildman–Crippen MR) is 86.7 cm³/mol. The summed E-state index contributed by atoms with van der Waals surface area (Å²) in [5, 5.41) is 3.62. The third-order valence-electron chi connectivity index (χ3n) is 4.59. The van der Waals surface area contributed by atoms with Gasteiger partial charge in [-0.1, -0.05) is 13.8 Å². The van der Waals surface area contributed by atoms with E-state index in [1.54, 1.807) is 20.8 Å². The Balaban J connectivity index is 2.61. The van der Waals surface area contributed by atoms with Crippen LogP contribution in [0.1, 0.15) is 66.7 Å². The molecule has 3 nitrogen and oxygen atoms in total. The summed E-state index contributed by atoms with van der Waals surface area (Å²) in [4.78, 5) is 0. The zero-order valence-electron chi connectivity index (χ0n) is 13.9. The van der Waals surface area contributed by atoms with Gasteiger partial charge in [0.2, 0.25) is 0 Å². The zero-order chi connectivity index (χ0) is 15.4. The average Bonchev–Trinajstić information content (AvgIpc) is 2.34. The molecule has 3 atom stereocenters. The van der Waals surface area contributed by atoms with Gasteiger partial charge in [-0.3, -0.25) is 0 Å². The second-order valence-electron chi connectivity index (χ2n) is 7.46. The van der Waals surface area contributed by atoms with Crippen molar-refractivity contribution in [2.45, 2.75) is 77.5 Å². The molecule has 120 valence electrons. The molecule has 0 aromatic carbocycles. The van der Waals surface area contributed by atoms with Gasteiger partial charge in [0, 0.05) is 6.04 Å². The van der Waals surface area contributed by atoms with Crippen LogP contribution in [-0.2, 0) is 9.84 Å². The van der Waals surface area contributed by atoms with Gasteiger partial charge in [-0.15, -0.1) is 0 Å². The van der Waals surface area contributed by atoms with Crippen molar-refractivity contribution in [3.05, 3.63) is 0 Å². The van der Waals surface area contributed by atoms with E-state index in [2.05, 4.69) is 19.2 Å². The maximum atomic E-state index is 12.3. The normalized spacial score (nSPS) is 28.6. The summed E-state index contributed by atoms with van der Waals surface area (Å²) in [6.07, 6.45) is 5.58. The summed E-state index contributed by atoms with van der Waals surface area (Å²) < 4.78 is 23.9. The third-order valence-corrected chi connectivity index (χ3v) is 7.23. The quantitative estimate of drug-likeness (QED) is 0.818. The fourth-order valence-electron chi connectivity index (χ4n) is 3.03. The van der Waals surface area contributed by atoms with E-state index in [-0.39, 0.29) is 0 Å². The largest absolute Gasteiger partial charge is 0.314 e. The Bertz CT molecular complexity index is 382. The lowest BCUT2D eigenvalue weighted by Gasteiger charge is -2.36. The van der Waals surface area contributed by atoms with Crippen molar-refractivity contribution in [2.24, 2.45) is 11.8 Å². The summed E-state index contributed by atoms with van der Waals surface area (Å²) in [6.45, 7) is 10.9. The first-order valence-corrected chi connectivity index (χ1v) is 9.78. The van der Waals surface area contributed by atoms with Gasteiger partial charge in [0.15, 0.2) is 9.84 Å². The Morgan fingerprint density at radius 3 is 2.40 bits per heavy atom. The van der Waals surface area contributed by atoms with Crippen molar-refractivity contribution in [1.82, 2.24) is 5.32 Å². The molecule has 1 N–H and O–H groups in total. The van der Waals surface area contributed by atoms with Crippen LogP contribution in [0.15, 0.2) is 0 Å². The second kappa shape index (κ2) is 7.26. The lowest BCUT2D eigenvalue weighted by molar-refractivity contribution is 0.209. The minimum Gasteiger partial charge on any atom is -0.314 e. The fraction of sp³-hybridized carbons (Fsp3) is 1.00. The summed E-state index contributed by atoms with van der Waals surface area (Å²) in [7, 11) is -2.99. The van der Waals surface area contributed by atoms with E-state index in [4.69, 9.17) is 0 Å². The van der Waals surface area contributed by atoms with Crippen molar-refractivity contribution >= 4 is 9.84 Å². The zero-order valence-corrected chi connectivity index (χ0v) is 14.7. The molecule has 0 bridgehead atoms. The van der Waals surface area contributed by atoms with Crippen molar-refractivity contribution < 1.29 is 8.42 Å². The van der Waals surface area contributed by atoms with Crippen molar-refractivity contribution in [3.8, 4) is 0 Å². The first kappa shape index (κ1) is 18.0. The van der Waals surface area contributed by atoms with Crippen LogP contribution in [-0.4, -0.2) is 31.5 Å². The van der Waals surface area contributed by atoms with E-state index in [0.29, 0.717) is 17.7 Å². The predicted octanol–water partition coefficient (Wildman–Crippen LogP) is 3.39. The van der Waals surface area contributed by atoms with E-state index in [1.165, 1.54) is 19.3 Å². The lowest BCUT2D eigenvalue weighted by Crippen LogP contribution is -2.42. The molecule has 0 aliphatic heterocycles. The summed E-state index contributed by atoms with van der Waals surface area (Å²) in [6, 6.07) is 0.515. The Morgan fingerprint density at radius 1 is 1.20 bits per heavy atom. The Kier molecular flexibility index (Phi) is 6.52. The summed E-state index contributed by atoms with van der Waals surface area (Å²) in [5.74, 6) is 1.58. The van der Waals surface area contributed by atoms with Gasteiger partial charge in [0.25, 0.3) is 0 Å². The molecule has 1 saturated carbocycles. The Morgan fingerprint density at radius 2 is 1.85 bits per heavy atom. The first-order chi connectivity index (χ1) is 9.17. The highest BCUT2D eigenvalue weighted by Crippen LogP contribution is 2.32. The molecule has 1 aliphatic carbocycles. The van der Waals surface area contributed by atoms with Crippen LogP contribution < -0.4 is 5.32 Å². The van der Waals surface area contributed by atoms with E-state index in [0.717, 1.165) is 25.3 Å². The standard InChI is InChI=1S/C16H33NO2S/c1-6-10-17-15-8-7-13(2)12-14(15)9-11-20(18,19)16(3,4)5/h13-15,17H,6-12H2,1-5H3. The van der Waals surface area contributed by atoms with Crippen molar-refractivity contribution in [2.75, 3.05) is 12.3 Å². The third kappa shape index (κ3) is 5.03. The van der Waals surface area contributed by atoms with E-state index >= 15 is 0 Å². The van der Waals surface area contributed by atoms with E-state index in [1.807, 2.05) is 0 Å². The van der Waals surface area contributed by atoms with Crippen LogP contribution in [0.25, 0.3) is 0 Å². The van der Waals surface area contributed by atoms with Crippen LogP contribution in [0, 0.1) is 11.8 Å². The van der Waals surface area contributed by atoms with Crippen LogP contribution in [0.4, 0.5) is 0 Å². The highest BCUT2D eigenvalue weighted by Gasteiger charge is 2.33. The number of hydrogen-bond donors (Lipinski definition) is 1. The van der Waals surface area contributed by atoms with Gasteiger partial charge in [0.1, 0.15) is 0 Å². The molecule has 1 rings (SSSR count). The summed E-state index contributed by atoms with van der Waals surface area (Å²) >= 11 is 0. The Hall–Kier alpha value is -0.0900. The van der Waals surface area contributed by atoms with Gasteiger partial charge in [-0.2, -0.15) is 0 Å². The van der Waals surface area contributed by atoms with Gasteiger partial charge in [-0.25, -0.2) is 8.42 Å². The maximum absolute atomic E-state index is 12.3. The average molecular weight is 304 g/mol. The SMILES string of the molecule is CCCNC1CCC(C)CC1CCS(=O)(=O)C(C)(C)C. The van der Waals surface area contributed by atoms with E-state index < -0.39 is 14.6 Å². The molecule has 0 spiro atoms. The first-order valence-electron chi connectivity index (χ1n) is 8.13. The molecule has 0 amide bonds. The molecule has 0 aromatic rings. The number of rotatable bonds is 6. The van der Waals surface area contributed by atoms with Crippen molar-refractivity contribution in [3.63, 3.8) is 0 Å². The number of hydrogen-bond acceptors (Lipinski definition) is 3. The number of nitrogens with one attached hydrogen (secondary N) is 1.